The molecule has 0 aliphatic rings. The fourth-order valence-electron chi connectivity index (χ4n) is 0.957. The van der Waals surface area contributed by atoms with Crippen LogP contribution in [0.1, 0.15) is 12.1 Å². The number of aryl methyl sites for hydroxylation is 1. The third kappa shape index (κ3) is 3.73. The Balaban J connectivity index is 2.36. The summed E-state index contributed by atoms with van der Waals surface area (Å²) in [6.07, 6.45) is 1.74. The Hall–Kier alpha value is -1.96. The molecular formula is C7H12N6O2. The quantitative estimate of drug-likeness (QED) is 0.549. The molecular weight excluding hydrogens is 200 g/mol. The van der Waals surface area contributed by atoms with Gasteiger partial charge in [-0.25, -0.2) is 4.79 Å². The molecule has 15 heavy (non-hydrogen) atoms. The number of hydrogen-bond donors (Lipinski definition) is 3. The van der Waals surface area contributed by atoms with Gasteiger partial charge in [-0.05, 0) is 0 Å². The molecule has 8 nitrogen and oxygen atoms in total. The van der Waals surface area contributed by atoms with Crippen LogP contribution in [0.25, 0.3) is 0 Å². The zero-order valence-electron chi connectivity index (χ0n) is 8.01. The van der Waals surface area contributed by atoms with Crippen LogP contribution in [0.4, 0.5) is 4.79 Å². The van der Waals surface area contributed by atoms with E-state index >= 15 is 0 Å². The number of rotatable bonds is 4. The third-order valence-corrected chi connectivity index (χ3v) is 1.63. The van der Waals surface area contributed by atoms with Gasteiger partial charge in [0, 0.05) is 19.2 Å². The molecule has 0 aliphatic heterocycles. The number of nitrogens with two attached hydrogens (primary N) is 2. The number of amides is 3. The largest absolute Gasteiger partial charge is 0.351 e. The first-order valence-electron chi connectivity index (χ1n) is 4.30. The minimum atomic E-state index is -0.860. The highest BCUT2D eigenvalue weighted by molar-refractivity contribution is 5.93. The minimum absolute atomic E-state index is 0.107. The molecule has 3 amide bonds. The number of nitrogens with one attached hydrogen (secondary N) is 1. The van der Waals surface area contributed by atoms with Crippen LogP contribution in [0.2, 0.25) is 0 Å². The molecule has 0 aromatic carbocycles. The van der Waals surface area contributed by atoms with Crippen molar-refractivity contribution in [3.8, 4) is 0 Å². The highest BCUT2D eigenvalue weighted by Crippen LogP contribution is 1.93. The zero-order valence-corrected chi connectivity index (χ0v) is 8.01. The smallest absolute Gasteiger partial charge is 0.318 e. The van der Waals surface area contributed by atoms with Gasteiger partial charge in [-0.3, -0.25) is 14.8 Å². The van der Waals surface area contributed by atoms with E-state index < -0.39 is 11.9 Å². The number of carbonyl (C=O) groups is 2. The van der Waals surface area contributed by atoms with E-state index in [1.54, 1.807) is 6.20 Å². The van der Waals surface area contributed by atoms with Gasteiger partial charge >= 0.3 is 6.03 Å². The first kappa shape index (κ1) is 11.1. The van der Waals surface area contributed by atoms with Crippen LogP contribution < -0.4 is 16.8 Å². The van der Waals surface area contributed by atoms with Crippen LogP contribution in [-0.4, -0.2) is 26.9 Å². The Morgan fingerprint density at radius 3 is 2.80 bits per heavy atom. The summed E-state index contributed by atoms with van der Waals surface area (Å²) >= 11 is 0. The lowest BCUT2D eigenvalue weighted by Crippen LogP contribution is -2.35. The van der Waals surface area contributed by atoms with E-state index in [1.807, 2.05) is 5.32 Å². The molecule has 0 saturated heterocycles. The highest BCUT2D eigenvalue weighted by Gasteiger charge is 2.05. The number of imide groups is 1. The first-order valence-corrected chi connectivity index (χ1v) is 4.30. The zero-order chi connectivity index (χ0) is 11.3. The van der Waals surface area contributed by atoms with Crippen molar-refractivity contribution in [1.29, 1.82) is 0 Å². The number of hydrogen-bond acceptors (Lipinski definition) is 5. The second kappa shape index (κ2) is 5.05. The van der Waals surface area contributed by atoms with Crippen LogP contribution in [-0.2, 0) is 17.9 Å². The van der Waals surface area contributed by atoms with Gasteiger partial charge in [0.1, 0.15) is 0 Å². The number of aromatic nitrogens is 3. The molecule has 1 aromatic rings. The average Bonchev–Trinajstić information content (AvgIpc) is 2.61. The van der Waals surface area contributed by atoms with Crippen molar-refractivity contribution < 1.29 is 9.59 Å². The Morgan fingerprint density at radius 2 is 2.27 bits per heavy atom. The lowest BCUT2D eigenvalue weighted by Gasteiger charge is -2.00. The van der Waals surface area contributed by atoms with E-state index in [0.717, 1.165) is 0 Å². The molecule has 0 spiro atoms. The van der Waals surface area contributed by atoms with E-state index in [2.05, 4.69) is 10.3 Å². The SMILES string of the molecule is NCc1cn(CCC(=O)NC(N)=O)nn1. The molecule has 0 bridgehead atoms. The fourth-order valence-corrected chi connectivity index (χ4v) is 0.957. The van der Waals surface area contributed by atoms with Crippen LogP contribution in [0.15, 0.2) is 6.20 Å². The molecule has 1 aromatic heterocycles. The molecule has 0 aliphatic carbocycles. The molecule has 82 valence electrons. The second-order valence-electron chi connectivity index (χ2n) is 2.84. The number of urea groups is 1. The van der Waals surface area contributed by atoms with Gasteiger partial charge in [0.05, 0.1) is 12.2 Å². The van der Waals surface area contributed by atoms with Crippen LogP contribution in [0.3, 0.4) is 0 Å². The number of carbonyl (C=O) groups excluding carboxylic acids is 2. The summed E-state index contributed by atoms with van der Waals surface area (Å²) in [6, 6.07) is -0.860. The van der Waals surface area contributed by atoms with Crippen LogP contribution >= 0.6 is 0 Å². The summed E-state index contributed by atoms with van der Waals surface area (Å²) in [4.78, 5) is 21.3. The van der Waals surface area contributed by atoms with Gasteiger partial charge in [-0.2, -0.15) is 0 Å². The van der Waals surface area contributed by atoms with Crippen molar-refractivity contribution in [1.82, 2.24) is 20.3 Å². The maximum Gasteiger partial charge on any atom is 0.318 e. The Kier molecular flexibility index (Phi) is 3.75. The fraction of sp³-hybridized carbons (Fsp3) is 0.429. The molecule has 0 saturated carbocycles. The maximum atomic E-state index is 11.0. The molecule has 0 atom stereocenters. The summed E-state index contributed by atoms with van der Waals surface area (Å²) in [5.41, 5.74) is 10.7. The average molecular weight is 212 g/mol. The minimum Gasteiger partial charge on any atom is -0.351 e. The predicted molar refractivity (Wildman–Crippen MR) is 50.3 cm³/mol. The summed E-state index contributed by atoms with van der Waals surface area (Å²) in [6.45, 7) is 0.625. The van der Waals surface area contributed by atoms with Gasteiger partial charge in [0.25, 0.3) is 0 Å². The predicted octanol–water partition coefficient (Wildman–Crippen LogP) is -1.68. The van der Waals surface area contributed by atoms with Crippen LogP contribution in [0.5, 0.6) is 0 Å². The van der Waals surface area contributed by atoms with Crippen LogP contribution in [0, 0.1) is 0 Å². The first-order chi connectivity index (χ1) is 7.11. The summed E-state index contributed by atoms with van der Waals surface area (Å²) < 4.78 is 1.47. The van der Waals surface area contributed by atoms with Crippen molar-refractivity contribution in [2.24, 2.45) is 11.5 Å². The van der Waals surface area contributed by atoms with Crippen molar-refractivity contribution in [3.63, 3.8) is 0 Å². The van der Waals surface area contributed by atoms with Gasteiger partial charge in [-0.1, -0.05) is 5.21 Å². The third-order valence-electron chi connectivity index (χ3n) is 1.63. The maximum absolute atomic E-state index is 11.0. The number of primary amides is 1. The Labute approximate surface area is 85.6 Å². The van der Waals surface area contributed by atoms with Gasteiger partial charge in [0.15, 0.2) is 0 Å². The van der Waals surface area contributed by atoms with E-state index in [9.17, 15) is 9.59 Å². The number of nitrogens with zero attached hydrogens (tertiary/aromatic N) is 3. The lowest BCUT2D eigenvalue weighted by molar-refractivity contribution is -0.120. The normalized spacial score (nSPS) is 9.93. The Morgan fingerprint density at radius 1 is 1.53 bits per heavy atom. The molecule has 1 rings (SSSR count). The van der Waals surface area contributed by atoms with E-state index in [0.29, 0.717) is 18.8 Å². The van der Waals surface area contributed by atoms with Crippen molar-refractivity contribution in [2.45, 2.75) is 19.5 Å². The molecule has 0 unspecified atom stereocenters. The van der Waals surface area contributed by atoms with E-state index in [4.69, 9.17) is 11.5 Å². The molecule has 0 radical (unpaired) electrons. The molecule has 8 heteroatoms. The van der Waals surface area contributed by atoms with Crippen molar-refractivity contribution in [2.75, 3.05) is 0 Å². The highest BCUT2D eigenvalue weighted by atomic mass is 16.2. The van der Waals surface area contributed by atoms with Crippen molar-refractivity contribution >= 4 is 11.9 Å². The monoisotopic (exact) mass is 212 g/mol. The lowest BCUT2D eigenvalue weighted by atomic mass is 10.4. The van der Waals surface area contributed by atoms with Gasteiger partial charge in [0.2, 0.25) is 5.91 Å². The summed E-state index contributed by atoms with van der Waals surface area (Å²) in [5, 5.41) is 9.41. The molecule has 0 fully saturated rings. The van der Waals surface area contributed by atoms with Gasteiger partial charge < -0.3 is 11.5 Å². The Bertz CT molecular complexity index is 360. The molecule has 5 N–H and O–H groups in total. The van der Waals surface area contributed by atoms with E-state index in [-0.39, 0.29) is 6.42 Å². The molecule has 1 heterocycles. The van der Waals surface area contributed by atoms with Crippen molar-refractivity contribution in [3.05, 3.63) is 11.9 Å². The van der Waals surface area contributed by atoms with E-state index in [1.165, 1.54) is 4.68 Å². The second-order valence-corrected chi connectivity index (χ2v) is 2.84. The standard InChI is InChI=1S/C7H12N6O2/c8-3-5-4-13(12-11-5)2-1-6(14)10-7(9)15/h4H,1-3,8H2,(H3,9,10,14,15). The summed E-state index contributed by atoms with van der Waals surface area (Å²) in [7, 11) is 0. The topological polar surface area (TPSA) is 129 Å². The summed E-state index contributed by atoms with van der Waals surface area (Å²) in [5.74, 6) is -0.452. The van der Waals surface area contributed by atoms with Gasteiger partial charge in [-0.15, -0.1) is 5.10 Å².